The van der Waals surface area contributed by atoms with Gasteiger partial charge < -0.3 is 10.1 Å². The van der Waals surface area contributed by atoms with E-state index in [1.54, 1.807) is 12.1 Å². The van der Waals surface area contributed by atoms with Crippen molar-refractivity contribution < 1.29 is 9.53 Å². The topological polar surface area (TPSA) is 38.3 Å². The fraction of sp³-hybridized carbons (Fsp3) is 0.278. The van der Waals surface area contributed by atoms with Crippen LogP contribution in [0.1, 0.15) is 29.2 Å². The fourth-order valence-electron chi connectivity index (χ4n) is 2.80. The molecular formula is C18H18ClNO2. The molecule has 114 valence electrons. The minimum absolute atomic E-state index is 0.0136. The molecule has 2 aromatic rings. The first-order chi connectivity index (χ1) is 10.6. The van der Waals surface area contributed by atoms with Gasteiger partial charge in [-0.25, -0.2) is 0 Å². The van der Waals surface area contributed by atoms with E-state index >= 15 is 0 Å². The van der Waals surface area contributed by atoms with Crippen LogP contribution in [0, 0.1) is 6.92 Å². The van der Waals surface area contributed by atoms with Crippen LogP contribution in [0.15, 0.2) is 42.5 Å². The quantitative estimate of drug-likeness (QED) is 0.931. The van der Waals surface area contributed by atoms with Crippen LogP contribution >= 0.6 is 11.6 Å². The van der Waals surface area contributed by atoms with Gasteiger partial charge in [0.1, 0.15) is 5.75 Å². The first-order valence-corrected chi connectivity index (χ1v) is 7.77. The van der Waals surface area contributed by atoms with E-state index in [1.807, 2.05) is 25.1 Å². The molecule has 2 aromatic carbocycles. The fourth-order valence-corrected chi connectivity index (χ4v) is 2.92. The Morgan fingerprint density at radius 3 is 2.95 bits per heavy atom. The Morgan fingerprint density at radius 2 is 2.14 bits per heavy atom. The number of nitrogens with one attached hydrogen (secondary N) is 1. The lowest BCUT2D eigenvalue weighted by molar-refractivity contribution is -0.123. The molecule has 0 radical (unpaired) electrons. The zero-order chi connectivity index (χ0) is 15.5. The van der Waals surface area contributed by atoms with Crippen LogP contribution in [-0.4, -0.2) is 12.5 Å². The molecule has 0 aliphatic heterocycles. The molecule has 0 bridgehead atoms. The number of hydrogen-bond acceptors (Lipinski definition) is 2. The van der Waals surface area contributed by atoms with Crippen molar-refractivity contribution in [2.45, 2.75) is 25.8 Å². The van der Waals surface area contributed by atoms with Gasteiger partial charge in [-0.1, -0.05) is 35.9 Å². The molecule has 0 heterocycles. The molecule has 1 N–H and O–H groups in total. The molecule has 22 heavy (non-hydrogen) atoms. The third-order valence-electron chi connectivity index (χ3n) is 3.97. The summed E-state index contributed by atoms with van der Waals surface area (Å²) in [6.45, 7) is 1.92. The zero-order valence-corrected chi connectivity index (χ0v) is 13.2. The second kappa shape index (κ2) is 6.41. The summed E-state index contributed by atoms with van der Waals surface area (Å²) < 4.78 is 5.53. The lowest BCUT2D eigenvalue weighted by Gasteiger charge is -2.14. The normalized spacial score (nSPS) is 16.2. The van der Waals surface area contributed by atoms with Crippen molar-refractivity contribution in [3.8, 4) is 5.75 Å². The first-order valence-electron chi connectivity index (χ1n) is 7.39. The molecule has 1 amide bonds. The highest BCUT2D eigenvalue weighted by atomic mass is 35.5. The molecule has 0 spiro atoms. The monoisotopic (exact) mass is 315 g/mol. The maximum absolute atomic E-state index is 12.1. The van der Waals surface area contributed by atoms with Crippen LogP contribution in [0.25, 0.3) is 0 Å². The number of hydrogen-bond donors (Lipinski definition) is 1. The van der Waals surface area contributed by atoms with E-state index in [2.05, 4.69) is 17.4 Å². The number of amides is 1. The van der Waals surface area contributed by atoms with Crippen molar-refractivity contribution in [2.24, 2.45) is 0 Å². The van der Waals surface area contributed by atoms with Crippen molar-refractivity contribution in [1.82, 2.24) is 5.32 Å². The van der Waals surface area contributed by atoms with E-state index in [4.69, 9.17) is 16.3 Å². The number of fused-ring (bicyclic) bond motifs is 1. The highest BCUT2D eigenvalue weighted by molar-refractivity contribution is 6.31. The largest absolute Gasteiger partial charge is 0.484 e. The molecule has 1 atom stereocenters. The Labute approximate surface area is 135 Å². The van der Waals surface area contributed by atoms with Crippen molar-refractivity contribution in [1.29, 1.82) is 0 Å². The van der Waals surface area contributed by atoms with E-state index in [0.717, 1.165) is 18.4 Å². The van der Waals surface area contributed by atoms with Crippen LogP contribution < -0.4 is 10.1 Å². The molecular weight excluding hydrogens is 298 g/mol. The van der Waals surface area contributed by atoms with Gasteiger partial charge in [0.15, 0.2) is 6.61 Å². The summed E-state index contributed by atoms with van der Waals surface area (Å²) in [6, 6.07) is 13.7. The van der Waals surface area contributed by atoms with Crippen molar-refractivity contribution in [3.05, 3.63) is 64.2 Å². The summed E-state index contributed by atoms with van der Waals surface area (Å²) in [5.41, 5.74) is 3.48. The Balaban J connectivity index is 1.56. The molecule has 0 aromatic heterocycles. The van der Waals surface area contributed by atoms with E-state index < -0.39 is 0 Å². The second-order valence-corrected chi connectivity index (χ2v) is 5.96. The molecule has 3 rings (SSSR count). The number of aryl methyl sites for hydroxylation is 2. The van der Waals surface area contributed by atoms with Crippen LogP contribution in [0.4, 0.5) is 0 Å². The third kappa shape index (κ3) is 3.25. The third-order valence-corrected chi connectivity index (χ3v) is 4.39. The molecule has 0 fully saturated rings. The average molecular weight is 316 g/mol. The molecule has 0 saturated carbocycles. The minimum Gasteiger partial charge on any atom is -0.484 e. The summed E-state index contributed by atoms with van der Waals surface area (Å²) in [5.74, 6) is 0.554. The predicted octanol–water partition coefficient (Wildman–Crippen LogP) is 3.83. The van der Waals surface area contributed by atoms with Gasteiger partial charge in [0.25, 0.3) is 5.91 Å². The smallest absolute Gasteiger partial charge is 0.258 e. The maximum Gasteiger partial charge on any atom is 0.258 e. The van der Waals surface area contributed by atoms with Crippen LogP contribution in [0.2, 0.25) is 5.02 Å². The number of ether oxygens (including phenoxy) is 1. The van der Waals surface area contributed by atoms with Gasteiger partial charge in [-0.3, -0.25) is 4.79 Å². The maximum atomic E-state index is 12.1. The van der Waals surface area contributed by atoms with Crippen LogP contribution in [0.3, 0.4) is 0 Å². The molecule has 3 nitrogen and oxygen atoms in total. The van der Waals surface area contributed by atoms with E-state index in [0.29, 0.717) is 10.8 Å². The average Bonchev–Trinajstić information content (AvgIpc) is 2.92. The summed E-state index contributed by atoms with van der Waals surface area (Å²) in [7, 11) is 0. The van der Waals surface area contributed by atoms with E-state index in [9.17, 15) is 4.79 Å². The van der Waals surface area contributed by atoms with E-state index in [1.165, 1.54) is 11.1 Å². The van der Waals surface area contributed by atoms with Crippen LogP contribution in [-0.2, 0) is 11.2 Å². The van der Waals surface area contributed by atoms with Crippen molar-refractivity contribution in [2.75, 3.05) is 6.61 Å². The number of benzene rings is 2. The first kappa shape index (κ1) is 14.9. The Bertz CT molecular complexity index is 699. The molecule has 4 heteroatoms. The van der Waals surface area contributed by atoms with Gasteiger partial charge >= 0.3 is 0 Å². The Hall–Kier alpha value is -2.00. The molecule has 1 aliphatic carbocycles. The summed E-state index contributed by atoms with van der Waals surface area (Å²) in [6.07, 6.45) is 1.96. The van der Waals surface area contributed by atoms with Gasteiger partial charge in [0.2, 0.25) is 0 Å². The minimum atomic E-state index is -0.102. The van der Waals surface area contributed by atoms with Gasteiger partial charge in [-0.05, 0) is 54.7 Å². The molecule has 1 aliphatic rings. The Kier molecular flexibility index (Phi) is 4.34. The Morgan fingerprint density at radius 1 is 1.32 bits per heavy atom. The SMILES string of the molecule is Cc1cc(OCC(=O)N[C@@H]2CCc3ccccc32)ccc1Cl. The lowest BCUT2D eigenvalue weighted by atomic mass is 10.1. The number of halogens is 1. The highest BCUT2D eigenvalue weighted by Gasteiger charge is 2.23. The number of rotatable bonds is 4. The van der Waals surface area contributed by atoms with Gasteiger partial charge in [-0.2, -0.15) is 0 Å². The van der Waals surface area contributed by atoms with Gasteiger partial charge in [0, 0.05) is 5.02 Å². The summed E-state index contributed by atoms with van der Waals surface area (Å²) in [5, 5.41) is 3.74. The number of carbonyl (C=O) groups is 1. The molecule has 0 unspecified atom stereocenters. The standard InChI is InChI=1S/C18H18ClNO2/c1-12-10-14(7-8-16(12)19)22-11-18(21)20-17-9-6-13-4-2-3-5-15(13)17/h2-5,7-8,10,17H,6,9,11H2,1H3,(H,20,21)/t17-/m1/s1. The number of carbonyl (C=O) groups excluding carboxylic acids is 1. The van der Waals surface area contributed by atoms with Crippen molar-refractivity contribution >= 4 is 17.5 Å². The lowest BCUT2D eigenvalue weighted by Crippen LogP contribution is -2.31. The predicted molar refractivity (Wildman–Crippen MR) is 87.3 cm³/mol. The van der Waals surface area contributed by atoms with E-state index in [-0.39, 0.29) is 18.6 Å². The summed E-state index contributed by atoms with van der Waals surface area (Å²) >= 11 is 5.97. The van der Waals surface area contributed by atoms with Gasteiger partial charge in [0.05, 0.1) is 6.04 Å². The van der Waals surface area contributed by atoms with Crippen molar-refractivity contribution in [3.63, 3.8) is 0 Å². The molecule has 0 saturated heterocycles. The summed E-state index contributed by atoms with van der Waals surface area (Å²) in [4.78, 5) is 12.1. The van der Waals surface area contributed by atoms with Gasteiger partial charge in [-0.15, -0.1) is 0 Å². The second-order valence-electron chi connectivity index (χ2n) is 5.56. The zero-order valence-electron chi connectivity index (χ0n) is 12.4. The van der Waals surface area contributed by atoms with Crippen LogP contribution in [0.5, 0.6) is 5.75 Å². The highest BCUT2D eigenvalue weighted by Crippen LogP contribution is 2.30.